The number of rotatable bonds is 4. The largest absolute Gasteiger partial charge is 0.384 e. The number of nitrogens with zero attached hydrogens (tertiary/aromatic N) is 1. The minimum atomic E-state index is -1.28. The first-order chi connectivity index (χ1) is 9.94. The average molecular weight is 288 g/mol. The van der Waals surface area contributed by atoms with E-state index in [0.717, 1.165) is 0 Å². The van der Waals surface area contributed by atoms with Crippen LogP contribution in [-0.4, -0.2) is 11.7 Å². The van der Waals surface area contributed by atoms with Crippen LogP contribution in [0.1, 0.15) is 18.1 Å². The Bertz CT molecular complexity index is 676. The van der Waals surface area contributed by atoms with Crippen LogP contribution in [0.3, 0.4) is 0 Å². The second-order valence-electron chi connectivity index (χ2n) is 4.91. The van der Waals surface area contributed by atoms with Gasteiger partial charge in [0.25, 0.3) is 0 Å². The van der Waals surface area contributed by atoms with Gasteiger partial charge in [0.15, 0.2) is 0 Å². The molecule has 108 valence electrons. The predicted molar refractivity (Wildman–Crippen MR) is 75.6 cm³/mol. The third-order valence-corrected chi connectivity index (χ3v) is 3.21. The van der Waals surface area contributed by atoms with Crippen molar-refractivity contribution in [1.82, 2.24) is 0 Å². The van der Waals surface area contributed by atoms with Crippen molar-refractivity contribution < 1.29 is 13.9 Å². The summed E-state index contributed by atoms with van der Waals surface area (Å²) >= 11 is 0. The van der Waals surface area contributed by atoms with Crippen LogP contribution in [-0.2, 0) is 5.60 Å². The Hall–Kier alpha value is -2.45. The molecule has 0 saturated carbocycles. The molecular formula is C16H14F2N2O. The molecule has 21 heavy (non-hydrogen) atoms. The van der Waals surface area contributed by atoms with Crippen LogP contribution in [0, 0.1) is 23.0 Å². The van der Waals surface area contributed by atoms with Gasteiger partial charge < -0.3 is 10.4 Å². The van der Waals surface area contributed by atoms with Gasteiger partial charge in [-0.2, -0.15) is 5.26 Å². The highest BCUT2D eigenvalue weighted by atomic mass is 19.1. The maximum atomic E-state index is 13.5. The molecule has 0 saturated heterocycles. The summed E-state index contributed by atoms with van der Waals surface area (Å²) in [5, 5.41) is 22.2. The lowest BCUT2D eigenvalue weighted by atomic mass is 9.96. The minimum absolute atomic E-state index is 0.0523. The molecule has 0 aliphatic heterocycles. The van der Waals surface area contributed by atoms with Crippen molar-refractivity contribution in [3.8, 4) is 6.07 Å². The van der Waals surface area contributed by atoms with Crippen LogP contribution >= 0.6 is 0 Å². The summed E-state index contributed by atoms with van der Waals surface area (Å²) in [4.78, 5) is 0. The number of hydrogen-bond donors (Lipinski definition) is 2. The van der Waals surface area contributed by atoms with Crippen LogP contribution in [0.15, 0.2) is 42.5 Å². The number of hydrogen-bond acceptors (Lipinski definition) is 3. The van der Waals surface area contributed by atoms with E-state index in [2.05, 4.69) is 5.32 Å². The van der Waals surface area contributed by atoms with Crippen molar-refractivity contribution >= 4 is 5.69 Å². The zero-order valence-electron chi connectivity index (χ0n) is 11.4. The van der Waals surface area contributed by atoms with Gasteiger partial charge >= 0.3 is 0 Å². The first kappa shape index (κ1) is 14.9. The fourth-order valence-electron chi connectivity index (χ4n) is 1.96. The Labute approximate surface area is 121 Å². The standard InChI is InChI=1S/C16H14F2N2O/c1-16(21,11-5-7-12(17)8-6-11)10-20-15-4-2-3-14(18)13(15)9-19/h2-8,20-21H,10H2,1H3. The molecule has 0 radical (unpaired) electrons. The van der Waals surface area contributed by atoms with E-state index in [1.807, 2.05) is 0 Å². The van der Waals surface area contributed by atoms with Gasteiger partial charge in [0.2, 0.25) is 0 Å². The fraction of sp³-hybridized carbons (Fsp3) is 0.188. The molecule has 3 nitrogen and oxygen atoms in total. The van der Waals surface area contributed by atoms with Crippen LogP contribution in [0.4, 0.5) is 14.5 Å². The van der Waals surface area contributed by atoms with E-state index in [4.69, 9.17) is 5.26 Å². The highest BCUT2D eigenvalue weighted by Gasteiger charge is 2.23. The summed E-state index contributed by atoms with van der Waals surface area (Å²) in [5.74, 6) is -1.01. The van der Waals surface area contributed by atoms with E-state index in [0.29, 0.717) is 11.3 Å². The minimum Gasteiger partial charge on any atom is -0.384 e. The zero-order valence-corrected chi connectivity index (χ0v) is 11.4. The van der Waals surface area contributed by atoms with Crippen LogP contribution in [0.2, 0.25) is 0 Å². The van der Waals surface area contributed by atoms with Gasteiger partial charge in [-0.3, -0.25) is 0 Å². The van der Waals surface area contributed by atoms with E-state index in [-0.39, 0.29) is 17.9 Å². The van der Waals surface area contributed by atoms with E-state index in [9.17, 15) is 13.9 Å². The number of nitrogens with one attached hydrogen (secondary N) is 1. The summed E-state index contributed by atoms with van der Waals surface area (Å²) in [6.45, 7) is 1.61. The predicted octanol–water partition coefficient (Wildman–Crippen LogP) is 3.16. The van der Waals surface area contributed by atoms with Crippen molar-refractivity contribution in [3.05, 3.63) is 65.2 Å². The van der Waals surface area contributed by atoms with Gasteiger partial charge in [0.05, 0.1) is 5.69 Å². The molecule has 0 aliphatic carbocycles. The second-order valence-corrected chi connectivity index (χ2v) is 4.91. The molecule has 2 N–H and O–H groups in total. The smallest absolute Gasteiger partial charge is 0.143 e. The summed E-state index contributed by atoms with van der Waals surface area (Å²) in [7, 11) is 0. The Morgan fingerprint density at radius 3 is 2.48 bits per heavy atom. The lowest BCUT2D eigenvalue weighted by Gasteiger charge is -2.25. The molecule has 0 fully saturated rings. The Kier molecular flexibility index (Phi) is 4.20. The lowest BCUT2D eigenvalue weighted by Crippen LogP contribution is -2.31. The normalized spacial score (nSPS) is 13.3. The summed E-state index contributed by atoms with van der Waals surface area (Å²) in [6, 6.07) is 11.5. The Morgan fingerprint density at radius 2 is 1.86 bits per heavy atom. The number of halogens is 2. The maximum Gasteiger partial charge on any atom is 0.143 e. The van der Waals surface area contributed by atoms with Crippen molar-refractivity contribution in [2.75, 3.05) is 11.9 Å². The van der Waals surface area contributed by atoms with Crippen molar-refractivity contribution in [2.24, 2.45) is 0 Å². The third kappa shape index (κ3) is 3.36. The zero-order chi connectivity index (χ0) is 15.5. The SMILES string of the molecule is CC(O)(CNc1cccc(F)c1C#N)c1ccc(F)cc1. The van der Waals surface area contributed by atoms with Crippen molar-refractivity contribution in [2.45, 2.75) is 12.5 Å². The molecule has 0 bridgehead atoms. The molecule has 5 heteroatoms. The maximum absolute atomic E-state index is 13.5. The molecule has 0 heterocycles. The van der Waals surface area contributed by atoms with Gasteiger partial charge in [-0.05, 0) is 36.8 Å². The molecule has 1 unspecified atom stereocenters. The average Bonchev–Trinajstić information content (AvgIpc) is 2.46. The van der Waals surface area contributed by atoms with Crippen molar-refractivity contribution in [3.63, 3.8) is 0 Å². The van der Waals surface area contributed by atoms with E-state index in [1.54, 1.807) is 19.1 Å². The molecule has 0 spiro atoms. The van der Waals surface area contributed by atoms with Gasteiger partial charge in [0, 0.05) is 6.54 Å². The van der Waals surface area contributed by atoms with E-state index >= 15 is 0 Å². The van der Waals surface area contributed by atoms with Crippen LogP contribution < -0.4 is 5.32 Å². The van der Waals surface area contributed by atoms with Crippen LogP contribution in [0.5, 0.6) is 0 Å². The fourth-order valence-corrected chi connectivity index (χ4v) is 1.96. The highest BCUT2D eigenvalue weighted by molar-refractivity contribution is 5.58. The summed E-state index contributed by atoms with van der Waals surface area (Å²) < 4.78 is 26.4. The van der Waals surface area contributed by atoms with Crippen LogP contribution in [0.25, 0.3) is 0 Å². The van der Waals surface area contributed by atoms with E-state index in [1.165, 1.54) is 36.4 Å². The molecule has 2 aromatic carbocycles. The topological polar surface area (TPSA) is 56.0 Å². The van der Waals surface area contributed by atoms with Crippen molar-refractivity contribution in [1.29, 1.82) is 5.26 Å². The lowest BCUT2D eigenvalue weighted by molar-refractivity contribution is 0.0714. The summed E-state index contributed by atoms with van der Waals surface area (Å²) in [5.41, 5.74) is -0.564. The molecule has 0 amide bonds. The first-order valence-electron chi connectivity index (χ1n) is 6.35. The molecule has 1 atom stereocenters. The van der Waals surface area contributed by atoms with Gasteiger partial charge in [0.1, 0.15) is 28.9 Å². The number of nitriles is 1. The number of anilines is 1. The summed E-state index contributed by atoms with van der Waals surface area (Å²) in [6.07, 6.45) is 0. The molecule has 2 aromatic rings. The quantitative estimate of drug-likeness (QED) is 0.908. The highest BCUT2D eigenvalue weighted by Crippen LogP contribution is 2.24. The number of aliphatic hydroxyl groups is 1. The van der Waals surface area contributed by atoms with Gasteiger partial charge in [-0.25, -0.2) is 8.78 Å². The van der Waals surface area contributed by atoms with Gasteiger partial charge in [-0.15, -0.1) is 0 Å². The molecule has 2 rings (SSSR count). The second kappa shape index (κ2) is 5.90. The third-order valence-electron chi connectivity index (χ3n) is 3.21. The first-order valence-corrected chi connectivity index (χ1v) is 6.35. The molecule has 0 aliphatic rings. The molecular weight excluding hydrogens is 274 g/mol. The monoisotopic (exact) mass is 288 g/mol. The van der Waals surface area contributed by atoms with Gasteiger partial charge in [-0.1, -0.05) is 18.2 Å². The Balaban J connectivity index is 2.17. The number of benzene rings is 2. The Morgan fingerprint density at radius 1 is 1.19 bits per heavy atom. The van der Waals surface area contributed by atoms with E-state index < -0.39 is 11.4 Å². The molecule has 0 aromatic heterocycles.